The molecule has 1 aromatic heterocycles. The predicted octanol–water partition coefficient (Wildman–Crippen LogP) is 4.23. The van der Waals surface area contributed by atoms with Crippen LogP contribution in [-0.4, -0.2) is 26.5 Å². The van der Waals surface area contributed by atoms with Crippen molar-refractivity contribution in [2.45, 2.75) is 32.6 Å². The van der Waals surface area contributed by atoms with Crippen LogP contribution in [0.5, 0.6) is 0 Å². The third kappa shape index (κ3) is 3.91. The van der Waals surface area contributed by atoms with Crippen molar-refractivity contribution in [2.24, 2.45) is 0 Å². The van der Waals surface area contributed by atoms with Gasteiger partial charge in [0.05, 0.1) is 24.4 Å². The highest BCUT2D eigenvalue weighted by Crippen LogP contribution is 2.25. The first-order valence-corrected chi connectivity index (χ1v) is 8.72. The lowest BCUT2D eigenvalue weighted by Gasteiger charge is -2.19. The Hall–Kier alpha value is -2.18. The number of ether oxygens (including phenoxy) is 1. The molecule has 1 heterocycles. The minimum absolute atomic E-state index is 0.133. The van der Waals surface area contributed by atoms with Gasteiger partial charge in [-0.15, -0.1) is 0 Å². The number of hydrogen-bond donors (Lipinski definition) is 1. The van der Waals surface area contributed by atoms with Crippen LogP contribution in [0.25, 0.3) is 10.9 Å². The van der Waals surface area contributed by atoms with Crippen LogP contribution in [0.15, 0.2) is 53.0 Å². The number of hydrogen-bond acceptors (Lipinski definition) is 3. The van der Waals surface area contributed by atoms with Gasteiger partial charge in [-0.3, -0.25) is 4.68 Å². The first kappa shape index (κ1) is 17.6. The molecule has 130 valence electrons. The van der Waals surface area contributed by atoms with Gasteiger partial charge in [0.15, 0.2) is 5.60 Å². The number of carboxylic acids is 1. The molecular weight excluding hydrogens is 384 g/mol. The van der Waals surface area contributed by atoms with E-state index >= 15 is 0 Å². The smallest absolute Gasteiger partial charge is 0.335 e. The number of rotatable bonds is 6. The molecule has 3 aromatic rings. The van der Waals surface area contributed by atoms with E-state index in [0.29, 0.717) is 6.54 Å². The molecule has 0 aliphatic rings. The normalized spacial score (nSPS) is 11.8. The van der Waals surface area contributed by atoms with E-state index < -0.39 is 11.6 Å². The molecule has 2 aromatic carbocycles. The Morgan fingerprint density at radius 3 is 2.64 bits per heavy atom. The molecule has 0 bridgehead atoms. The number of halogens is 1. The van der Waals surface area contributed by atoms with E-state index in [9.17, 15) is 9.90 Å². The van der Waals surface area contributed by atoms with Crippen molar-refractivity contribution in [1.82, 2.24) is 9.78 Å². The molecule has 0 saturated carbocycles. The van der Waals surface area contributed by atoms with E-state index in [2.05, 4.69) is 33.2 Å². The summed E-state index contributed by atoms with van der Waals surface area (Å²) in [6, 6.07) is 16.0. The van der Waals surface area contributed by atoms with E-state index in [4.69, 9.17) is 4.74 Å². The minimum Gasteiger partial charge on any atom is -0.479 e. The molecule has 6 heteroatoms. The number of fused-ring (bicyclic) bond motifs is 1. The summed E-state index contributed by atoms with van der Waals surface area (Å²) in [5.41, 5.74) is 1.59. The predicted molar refractivity (Wildman–Crippen MR) is 99.5 cm³/mol. The fraction of sp³-hybridized carbons (Fsp3) is 0.263. The van der Waals surface area contributed by atoms with E-state index in [1.165, 1.54) is 13.8 Å². The highest BCUT2D eigenvalue weighted by atomic mass is 79.9. The lowest BCUT2D eigenvalue weighted by molar-refractivity contribution is -0.162. The van der Waals surface area contributed by atoms with Crippen LogP contribution >= 0.6 is 15.9 Å². The molecule has 0 aliphatic heterocycles. The molecule has 0 amide bonds. The quantitative estimate of drug-likeness (QED) is 0.669. The molecule has 25 heavy (non-hydrogen) atoms. The number of benzene rings is 2. The van der Waals surface area contributed by atoms with E-state index in [-0.39, 0.29) is 6.61 Å². The summed E-state index contributed by atoms with van der Waals surface area (Å²) in [4.78, 5) is 11.2. The molecule has 0 fully saturated rings. The van der Waals surface area contributed by atoms with Crippen LogP contribution < -0.4 is 0 Å². The zero-order chi connectivity index (χ0) is 18.0. The Bertz CT molecular complexity index is 904. The summed E-state index contributed by atoms with van der Waals surface area (Å²) in [5, 5.41) is 14.8. The highest BCUT2D eigenvalue weighted by Gasteiger charge is 2.28. The van der Waals surface area contributed by atoms with E-state index in [1.54, 1.807) is 0 Å². The maximum absolute atomic E-state index is 11.2. The second-order valence-electron chi connectivity index (χ2n) is 6.36. The minimum atomic E-state index is -1.26. The second-order valence-corrected chi connectivity index (χ2v) is 7.27. The lowest BCUT2D eigenvalue weighted by atomic mass is 10.1. The number of carbonyl (C=O) groups is 1. The fourth-order valence-electron chi connectivity index (χ4n) is 2.51. The average molecular weight is 403 g/mol. The van der Waals surface area contributed by atoms with Gasteiger partial charge in [-0.25, -0.2) is 4.79 Å². The first-order valence-electron chi connectivity index (χ1n) is 7.93. The number of carboxylic acid groups (broad SMARTS) is 1. The Morgan fingerprint density at radius 1 is 1.24 bits per heavy atom. The van der Waals surface area contributed by atoms with Gasteiger partial charge in [-0.2, -0.15) is 5.10 Å². The van der Waals surface area contributed by atoms with Gasteiger partial charge in [0.1, 0.15) is 0 Å². The Balaban J connectivity index is 1.95. The molecule has 0 saturated heterocycles. The molecule has 0 radical (unpaired) electrons. The second kappa shape index (κ2) is 6.98. The highest BCUT2D eigenvalue weighted by molar-refractivity contribution is 9.10. The van der Waals surface area contributed by atoms with Crippen molar-refractivity contribution in [3.05, 3.63) is 64.3 Å². The van der Waals surface area contributed by atoms with E-state index in [1.807, 2.05) is 41.1 Å². The monoisotopic (exact) mass is 402 g/mol. The molecule has 1 N–H and O–H groups in total. The van der Waals surface area contributed by atoms with Crippen LogP contribution in [-0.2, 0) is 22.7 Å². The number of aliphatic carboxylic acids is 1. The van der Waals surface area contributed by atoms with Crippen LogP contribution in [0.3, 0.4) is 0 Å². The van der Waals surface area contributed by atoms with Gasteiger partial charge in [0, 0.05) is 9.86 Å². The summed E-state index contributed by atoms with van der Waals surface area (Å²) in [7, 11) is 0. The first-order chi connectivity index (χ1) is 11.9. The Kier molecular flexibility index (Phi) is 4.92. The maximum atomic E-state index is 11.2. The average Bonchev–Trinajstić information content (AvgIpc) is 2.91. The van der Waals surface area contributed by atoms with Crippen LogP contribution in [0, 0.1) is 0 Å². The summed E-state index contributed by atoms with van der Waals surface area (Å²) >= 11 is 3.48. The summed E-state index contributed by atoms with van der Waals surface area (Å²) < 4.78 is 8.46. The summed E-state index contributed by atoms with van der Waals surface area (Å²) in [6.07, 6.45) is 0. The third-order valence-corrected chi connectivity index (χ3v) is 4.54. The summed E-state index contributed by atoms with van der Waals surface area (Å²) in [6.45, 7) is 3.85. The lowest BCUT2D eigenvalue weighted by Crippen LogP contribution is -2.34. The molecule has 5 nitrogen and oxygen atoms in total. The number of nitrogens with zero attached hydrogens (tertiary/aromatic N) is 2. The van der Waals surface area contributed by atoms with Crippen molar-refractivity contribution in [3.63, 3.8) is 0 Å². The zero-order valence-electron chi connectivity index (χ0n) is 14.1. The van der Waals surface area contributed by atoms with E-state index in [0.717, 1.165) is 26.6 Å². The van der Waals surface area contributed by atoms with Gasteiger partial charge in [-0.1, -0.05) is 46.3 Å². The summed E-state index contributed by atoms with van der Waals surface area (Å²) in [5.74, 6) is -0.998. The van der Waals surface area contributed by atoms with Crippen molar-refractivity contribution in [3.8, 4) is 0 Å². The largest absolute Gasteiger partial charge is 0.479 e. The maximum Gasteiger partial charge on any atom is 0.335 e. The van der Waals surface area contributed by atoms with Gasteiger partial charge in [0.25, 0.3) is 0 Å². The molecule has 3 rings (SSSR count). The zero-order valence-corrected chi connectivity index (χ0v) is 15.7. The molecule has 0 spiro atoms. The molecule has 0 unspecified atom stereocenters. The van der Waals surface area contributed by atoms with Crippen LogP contribution in [0.1, 0.15) is 25.1 Å². The van der Waals surface area contributed by atoms with Crippen molar-refractivity contribution in [2.75, 3.05) is 0 Å². The molecule has 0 atom stereocenters. The Morgan fingerprint density at radius 2 is 1.96 bits per heavy atom. The standard InChI is InChI=1S/C19H19BrN2O3/c1-19(2,18(23)24)25-12-16-15-10-14(20)8-9-17(15)22(21-16)11-13-6-4-3-5-7-13/h3-10H,11-12H2,1-2H3,(H,23,24). The van der Waals surface area contributed by atoms with Gasteiger partial charge in [-0.05, 0) is 37.6 Å². The third-order valence-electron chi connectivity index (χ3n) is 4.05. The van der Waals surface area contributed by atoms with Crippen molar-refractivity contribution >= 4 is 32.8 Å². The SMILES string of the molecule is CC(C)(OCc1nn(Cc2ccccc2)c2ccc(Br)cc12)C(=O)O. The van der Waals surface area contributed by atoms with Crippen LogP contribution in [0.4, 0.5) is 0 Å². The topological polar surface area (TPSA) is 64.4 Å². The number of aromatic nitrogens is 2. The van der Waals surface area contributed by atoms with Gasteiger partial charge >= 0.3 is 5.97 Å². The Labute approximate surface area is 154 Å². The van der Waals surface area contributed by atoms with Gasteiger partial charge < -0.3 is 9.84 Å². The molecule has 0 aliphatic carbocycles. The van der Waals surface area contributed by atoms with Crippen molar-refractivity contribution in [1.29, 1.82) is 0 Å². The molecular formula is C19H19BrN2O3. The fourth-order valence-corrected chi connectivity index (χ4v) is 2.87. The van der Waals surface area contributed by atoms with Crippen molar-refractivity contribution < 1.29 is 14.6 Å². The van der Waals surface area contributed by atoms with Gasteiger partial charge in [0.2, 0.25) is 0 Å². The van der Waals surface area contributed by atoms with Crippen LogP contribution in [0.2, 0.25) is 0 Å².